The van der Waals surface area contributed by atoms with Crippen LogP contribution >= 0.6 is 24.0 Å². The summed E-state index contributed by atoms with van der Waals surface area (Å²) >= 11 is 0. The van der Waals surface area contributed by atoms with Gasteiger partial charge in [-0.05, 0) is 26.3 Å². The van der Waals surface area contributed by atoms with E-state index in [0.29, 0.717) is 19.0 Å². The molecule has 9 heteroatoms. The topological polar surface area (TPSA) is 48.9 Å². The van der Waals surface area contributed by atoms with Gasteiger partial charge in [0.25, 0.3) is 0 Å². The molecule has 1 aliphatic heterocycles. The molecule has 0 radical (unpaired) electrons. The fraction of sp³-hybridized carbons (Fsp3) is 0.929. The summed E-state index contributed by atoms with van der Waals surface area (Å²) in [5, 5.41) is 5.66. The van der Waals surface area contributed by atoms with E-state index in [2.05, 4.69) is 20.5 Å². The van der Waals surface area contributed by atoms with E-state index in [1.54, 1.807) is 0 Å². The van der Waals surface area contributed by atoms with Crippen LogP contribution in [0.5, 0.6) is 0 Å². The SMILES string of the molecule is CCNC(=NCCCCN1CCOCC1)NCCC(F)(F)F.I. The zero-order valence-corrected chi connectivity index (χ0v) is 16.0. The van der Waals surface area contributed by atoms with Gasteiger partial charge in [0.1, 0.15) is 0 Å². The number of hydrogen-bond donors (Lipinski definition) is 2. The molecule has 2 N–H and O–H groups in total. The monoisotopic (exact) mass is 452 g/mol. The Hall–Kier alpha value is -0.290. The minimum atomic E-state index is -4.14. The second-order valence-electron chi connectivity index (χ2n) is 5.21. The number of halogens is 4. The minimum Gasteiger partial charge on any atom is -0.379 e. The van der Waals surface area contributed by atoms with E-state index in [0.717, 1.165) is 45.7 Å². The lowest BCUT2D eigenvalue weighted by atomic mass is 10.3. The molecule has 23 heavy (non-hydrogen) atoms. The van der Waals surface area contributed by atoms with Crippen LogP contribution in [0.4, 0.5) is 13.2 Å². The van der Waals surface area contributed by atoms with E-state index >= 15 is 0 Å². The number of rotatable bonds is 8. The van der Waals surface area contributed by atoms with Gasteiger partial charge in [0.05, 0.1) is 19.6 Å². The van der Waals surface area contributed by atoms with Crippen molar-refractivity contribution in [3.8, 4) is 0 Å². The van der Waals surface area contributed by atoms with Crippen molar-refractivity contribution in [1.82, 2.24) is 15.5 Å². The molecule has 5 nitrogen and oxygen atoms in total. The summed E-state index contributed by atoms with van der Waals surface area (Å²) in [7, 11) is 0. The number of nitrogens with one attached hydrogen (secondary N) is 2. The van der Waals surface area contributed by atoms with Crippen molar-refractivity contribution in [3.05, 3.63) is 0 Å². The van der Waals surface area contributed by atoms with Crippen LogP contribution in [0.25, 0.3) is 0 Å². The minimum absolute atomic E-state index is 0. The van der Waals surface area contributed by atoms with Crippen molar-refractivity contribution in [2.75, 3.05) is 52.5 Å². The standard InChI is InChI=1S/C14H27F3N4O.HI/c1-2-18-13(20-7-5-14(15,16)17)19-6-3-4-8-21-9-11-22-12-10-21;/h2-12H2,1H3,(H2,18,19,20);1H. The molecule has 0 amide bonds. The molecule has 1 rings (SSSR count). The Labute approximate surface area is 153 Å². The fourth-order valence-corrected chi connectivity index (χ4v) is 2.13. The molecular weight excluding hydrogens is 424 g/mol. The summed E-state index contributed by atoms with van der Waals surface area (Å²) < 4.78 is 41.6. The largest absolute Gasteiger partial charge is 0.390 e. The predicted molar refractivity (Wildman–Crippen MR) is 96.6 cm³/mol. The molecule has 0 unspecified atom stereocenters. The van der Waals surface area contributed by atoms with Crippen LogP contribution in [0.1, 0.15) is 26.2 Å². The number of hydrogen-bond acceptors (Lipinski definition) is 3. The van der Waals surface area contributed by atoms with Crippen molar-refractivity contribution < 1.29 is 17.9 Å². The van der Waals surface area contributed by atoms with Gasteiger partial charge in [-0.1, -0.05) is 0 Å². The normalized spacial score (nSPS) is 16.8. The summed E-state index contributed by atoms with van der Waals surface area (Å²) in [6, 6.07) is 0. The van der Waals surface area contributed by atoms with E-state index < -0.39 is 12.6 Å². The summed E-state index contributed by atoms with van der Waals surface area (Å²) in [6.45, 7) is 7.56. The molecule has 0 saturated carbocycles. The van der Waals surface area contributed by atoms with Crippen LogP contribution in [-0.4, -0.2) is 69.5 Å². The number of unbranched alkanes of at least 4 members (excludes halogenated alkanes) is 1. The van der Waals surface area contributed by atoms with Crippen LogP contribution in [0, 0.1) is 0 Å². The summed E-state index contributed by atoms with van der Waals surface area (Å²) in [6.07, 6.45) is -3.03. The average Bonchev–Trinajstić information content (AvgIpc) is 2.46. The Morgan fingerprint density at radius 3 is 2.48 bits per heavy atom. The van der Waals surface area contributed by atoms with Crippen molar-refractivity contribution >= 4 is 29.9 Å². The van der Waals surface area contributed by atoms with Crippen molar-refractivity contribution in [1.29, 1.82) is 0 Å². The van der Waals surface area contributed by atoms with Crippen molar-refractivity contribution in [2.24, 2.45) is 4.99 Å². The number of morpholine rings is 1. The van der Waals surface area contributed by atoms with Crippen LogP contribution in [-0.2, 0) is 4.74 Å². The lowest BCUT2D eigenvalue weighted by Gasteiger charge is -2.26. The van der Waals surface area contributed by atoms with Gasteiger partial charge in [-0.25, -0.2) is 0 Å². The highest BCUT2D eigenvalue weighted by Gasteiger charge is 2.26. The molecule has 0 spiro atoms. The number of nitrogens with zero attached hydrogens (tertiary/aromatic N) is 2. The second kappa shape index (κ2) is 13.1. The Bertz CT molecular complexity index is 324. The second-order valence-corrected chi connectivity index (χ2v) is 5.21. The molecule has 0 aliphatic carbocycles. The first-order valence-electron chi connectivity index (χ1n) is 7.90. The lowest BCUT2D eigenvalue weighted by Crippen LogP contribution is -2.39. The molecule has 1 aliphatic rings. The number of alkyl halides is 3. The first-order chi connectivity index (χ1) is 10.5. The van der Waals surface area contributed by atoms with E-state index in [9.17, 15) is 13.2 Å². The molecule has 0 aromatic rings. The molecule has 0 bridgehead atoms. The smallest absolute Gasteiger partial charge is 0.379 e. The Balaban J connectivity index is 0.00000484. The predicted octanol–water partition coefficient (Wildman–Crippen LogP) is 2.22. The quantitative estimate of drug-likeness (QED) is 0.257. The van der Waals surface area contributed by atoms with Crippen LogP contribution in [0.15, 0.2) is 4.99 Å². The van der Waals surface area contributed by atoms with Gasteiger partial charge in [-0.3, -0.25) is 9.89 Å². The zero-order chi connectivity index (χ0) is 16.3. The van der Waals surface area contributed by atoms with Crippen LogP contribution < -0.4 is 10.6 Å². The first kappa shape index (κ1) is 22.7. The maximum atomic E-state index is 12.1. The van der Waals surface area contributed by atoms with Crippen LogP contribution in [0.2, 0.25) is 0 Å². The highest BCUT2D eigenvalue weighted by molar-refractivity contribution is 14.0. The molecule has 1 fully saturated rings. The molecule has 138 valence electrons. The average molecular weight is 452 g/mol. The van der Waals surface area contributed by atoms with Gasteiger partial charge >= 0.3 is 6.18 Å². The molecule has 0 atom stereocenters. The van der Waals surface area contributed by atoms with E-state index in [1.807, 2.05) is 6.92 Å². The third-order valence-corrected chi connectivity index (χ3v) is 3.30. The zero-order valence-electron chi connectivity index (χ0n) is 13.6. The molecule has 1 saturated heterocycles. The first-order valence-corrected chi connectivity index (χ1v) is 7.90. The Morgan fingerprint density at radius 1 is 1.17 bits per heavy atom. The number of ether oxygens (including phenoxy) is 1. The molecule has 0 aromatic carbocycles. The summed E-state index contributed by atoms with van der Waals surface area (Å²) in [5.41, 5.74) is 0. The van der Waals surface area contributed by atoms with Crippen molar-refractivity contribution in [2.45, 2.75) is 32.4 Å². The van der Waals surface area contributed by atoms with Gasteiger partial charge < -0.3 is 15.4 Å². The molecule has 0 aromatic heterocycles. The Kier molecular flexibility index (Phi) is 12.9. The maximum Gasteiger partial charge on any atom is 0.390 e. The lowest BCUT2D eigenvalue weighted by molar-refractivity contribution is -0.132. The van der Waals surface area contributed by atoms with Gasteiger partial charge in [0.2, 0.25) is 0 Å². The van der Waals surface area contributed by atoms with E-state index in [4.69, 9.17) is 4.74 Å². The fourth-order valence-electron chi connectivity index (χ4n) is 2.13. The number of aliphatic imine (C=N–C) groups is 1. The van der Waals surface area contributed by atoms with E-state index in [-0.39, 0.29) is 30.5 Å². The number of guanidine groups is 1. The van der Waals surface area contributed by atoms with Gasteiger partial charge in [-0.15, -0.1) is 24.0 Å². The molecule has 1 heterocycles. The van der Waals surface area contributed by atoms with Gasteiger partial charge in [0, 0.05) is 32.7 Å². The highest BCUT2D eigenvalue weighted by Crippen LogP contribution is 2.17. The van der Waals surface area contributed by atoms with Crippen LogP contribution in [0.3, 0.4) is 0 Å². The van der Waals surface area contributed by atoms with Gasteiger partial charge in [-0.2, -0.15) is 13.2 Å². The maximum absolute atomic E-state index is 12.1. The summed E-state index contributed by atoms with van der Waals surface area (Å²) in [5.74, 6) is 0.457. The highest BCUT2D eigenvalue weighted by atomic mass is 127. The third kappa shape index (κ3) is 12.8. The van der Waals surface area contributed by atoms with Gasteiger partial charge in [0.15, 0.2) is 5.96 Å². The van der Waals surface area contributed by atoms with E-state index in [1.165, 1.54) is 0 Å². The molecular formula is C14H28F3IN4O. The third-order valence-electron chi connectivity index (χ3n) is 3.30. The van der Waals surface area contributed by atoms with Crippen molar-refractivity contribution in [3.63, 3.8) is 0 Å². The Morgan fingerprint density at radius 2 is 1.87 bits per heavy atom. The summed E-state index contributed by atoms with van der Waals surface area (Å²) in [4.78, 5) is 6.66.